The highest BCUT2D eigenvalue weighted by Crippen LogP contribution is 2.48. The molecule has 2 fully saturated rings. The Hall–Kier alpha value is -2.68. The molecule has 0 saturated carbocycles. The van der Waals surface area contributed by atoms with Crippen molar-refractivity contribution in [3.05, 3.63) is 69.8 Å². The highest BCUT2D eigenvalue weighted by atomic mass is 79.9. The number of amides is 3. The summed E-state index contributed by atoms with van der Waals surface area (Å²) in [5.41, 5.74) is 3.18. The van der Waals surface area contributed by atoms with Crippen LogP contribution in [0.15, 0.2) is 53.0 Å². The third-order valence-electron chi connectivity index (χ3n) is 7.49. The Bertz CT molecular complexity index is 1270. The molecule has 2 saturated heterocycles. The number of morpholine rings is 1. The molecule has 0 spiro atoms. The molecular formula is C26H27BrN4O3. The maximum absolute atomic E-state index is 13.9. The molecule has 0 bridgehead atoms. The molecule has 3 aromatic rings. The number of carbonyl (C=O) groups is 2. The zero-order valence-corrected chi connectivity index (χ0v) is 20.7. The van der Waals surface area contributed by atoms with Crippen LogP contribution in [-0.4, -0.2) is 76.6 Å². The van der Waals surface area contributed by atoms with Gasteiger partial charge in [0.25, 0.3) is 5.91 Å². The van der Waals surface area contributed by atoms with Gasteiger partial charge < -0.3 is 9.72 Å². The van der Waals surface area contributed by atoms with E-state index in [1.807, 2.05) is 54.3 Å². The highest BCUT2D eigenvalue weighted by molar-refractivity contribution is 9.10. The van der Waals surface area contributed by atoms with Crippen LogP contribution in [0, 0.1) is 0 Å². The maximum atomic E-state index is 13.9. The topological polar surface area (TPSA) is 68.9 Å². The van der Waals surface area contributed by atoms with Crippen LogP contribution >= 0.6 is 15.9 Å². The number of imide groups is 1. The van der Waals surface area contributed by atoms with Crippen molar-refractivity contribution < 1.29 is 14.3 Å². The average Bonchev–Trinajstić information content (AvgIpc) is 3.29. The van der Waals surface area contributed by atoms with Gasteiger partial charge in [-0.2, -0.15) is 0 Å². The number of fused-ring (bicyclic) bond motifs is 4. The quantitative estimate of drug-likeness (QED) is 0.527. The fourth-order valence-corrected chi connectivity index (χ4v) is 6.09. The number of urea groups is 1. The first-order chi connectivity index (χ1) is 16.5. The van der Waals surface area contributed by atoms with Crippen LogP contribution in [0.25, 0.3) is 10.9 Å². The van der Waals surface area contributed by atoms with E-state index in [9.17, 15) is 9.59 Å². The zero-order chi connectivity index (χ0) is 23.4. The van der Waals surface area contributed by atoms with Gasteiger partial charge >= 0.3 is 6.03 Å². The van der Waals surface area contributed by atoms with E-state index >= 15 is 0 Å². The molecule has 3 aliphatic rings. The summed E-state index contributed by atoms with van der Waals surface area (Å²) >= 11 is 3.60. The van der Waals surface area contributed by atoms with Crippen LogP contribution in [0.2, 0.25) is 0 Å². The average molecular weight is 523 g/mol. The van der Waals surface area contributed by atoms with Crippen LogP contribution < -0.4 is 0 Å². The summed E-state index contributed by atoms with van der Waals surface area (Å²) in [4.78, 5) is 36.8. The molecule has 1 aromatic heterocycles. The van der Waals surface area contributed by atoms with Gasteiger partial charge in [0.1, 0.15) is 11.6 Å². The number of hydrogen-bond acceptors (Lipinski definition) is 4. The fraction of sp³-hybridized carbons (Fsp3) is 0.385. The van der Waals surface area contributed by atoms with Gasteiger partial charge in [0.2, 0.25) is 0 Å². The van der Waals surface area contributed by atoms with Crippen molar-refractivity contribution in [3.8, 4) is 0 Å². The summed E-state index contributed by atoms with van der Waals surface area (Å²) in [6.07, 6.45) is 0.487. The summed E-state index contributed by atoms with van der Waals surface area (Å²) in [7, 11) is 0. The number of rotatable bonds is 4. The van der Waals surface area contributed by atoms with Crippen LogP contribution in [0.5, 0.6) is 0 Å². The molecule has 3 aliphatic heterocycles. The molecular weight excluding hydrogens is 496 g/mol. The van der Waals surface area contributed by atoms with Crippen molar-refractivity contribution in [2.24, 2.45) is 0 Å². The van der Waals surface area contributed by atoms with E-state index in [4.69, 9.17) is 4.74 Å². The highest BCUT2D eigenvalue weighted by Gasteiger charge is 2.60. The van der Waals surface area contributed by atoms with Crippen molar-refractivity contribution in [1.29, 1.82) is 0 Å². The van der Waals surface area contributed by atoms with Gasteiger partial charge in [-0.25, -0.2) is 4.79 Å². The number of benzene rings is 2. The Morgan fingerprint density at radius 1 is 1.09 bits per heavy atom. The summed E-state index contributed by atoms with van der Waals surface area (Å²) in [5.74, 6) is -0.110. The first-order valence-electron chi connectivity index (χ1n) is 11.8. The second kappa shape index (κ2) is 8.22. The predicted octanol–water partition coefficient (Wildman–Crippen LogP) is 3.93. The van der Waals surface area contributed by atoms with Gasteiger partial charge in [-0.05, 0) is 36.2 Å². The zero-order valence-electron chi connectivity index (χ0n) is 19.1. The SMILES string of the molecule is CC12Cc3c([nH]c4ccc(Br)cc34)C(c3ccccc3)N1C(=O)N(CCN1CCOCC1)C2=O. The molecule has 2 aromatic carbocycles. The fourth-order valence-electron chi connectivity index (χ4n) is 5.73. The monoisotopic (exact) mass is 522 g/mol. The van der Waals surface area contributed by atoms with Crippen molar-refractivity contribution in [2.75, 3.05) is 39.4 Å². The first kappa shape index (κ1) is 21.8. The lowest BCUT2D eigenvalue weighted by atomic mass is 9.81. The smallest absolute Gasteiger partial charge is 0.328 e. The van der Waals surface area contributed by atoms with E-state index < -0.39 is 5.54 Å². The Kier molecular flexibility index (Phi) is 5.28. The molecule has 2 atom stereocenters. The van der Waals surface area contributed by atoms with Gasteiger partial charge in [-0.15, -0.1) is 0 Å². The number of aromatic amines is 1. The van der Waals surface area contributed by atoms with Gasteiger partial charge in [0.05, 0.1) is 13.2 Å². The van der Waals surface area contributed by atoms with Crippen molar-refractivity contribution in [1.82, 2.24) is 19.7 Å². The number of carbonyl (C=O) groups excluding carboxylic acids is 2. The van der Waals surface area contributed by atoms with Gasteiger partial charge in [0.15, 0.2) is 0 Å². The van der Waals surface area contributed by atoms with E-state index in [1.165, 1.54) is 4.90 Å². The first-order valence-corrected chi connectivity index (χ1v) is 12.6. The largest absolute Gasteiger partial charge is 0.379 e. The second-order valence-corrected chi connectivity index (χ2v) is 10.5. The lowest BCUT2D eigenvalue weighted by Crippen LogP contribution is -2.53. The molecule has 0 aliphatic carbocycles. The van der Waals surface area contributed by atoms with E-state index in [-0.39, 0.29) is 18.0 Å². The predicted molar refractivity (Wildman–Crippen MR) is 133 cm³/mol. The van der Waals surface area contributed by atoms with E-state index in [0.717, 1.165) is 45.3 Å². The Morgan fingerprint density at radius 3 is 2.62 bits per heavy atom. The molecule has 4 heterocycles. The maximum Gasteiger partial charge on any atom is 0.328 e. The van der Waals surface area contributed by atoms with Crippen LogP contribution in [0.3, 0.4) is 0 Å². The Balaban J connectivity index is 1.43. The molecule has 0 radical (unpaired) electrons. The number of halogens is 1. The molecule has 8 heteroatoms. The van der Waals surface area contributed by atoms with Crippen LogP contribution in [0.4, 0.5) is 4.79 Å². The Labute approximate surface area is 206 Å². The molecule has 2 unspecified atom stereocenters. The lowest BCUT2D eigenvalue weighted by molar-refractivity contribution is -0.133. The van der Waals surface area contributed by atoms with Crippen molar-refractivity contribution in [2.45, 2.75) is 24.9 Å². The van der Waals surface area contributed by atoms with E-state index in [2.05, 4.69) is 31.9 Å². The third-order valence-corrected chi connectivity index (χ3v) is 7.98. The normalized spacial score (nSPS) is 25.2. The molecule has 34 heavy (non-hydrogen) atoms. The van der Waals surface area contributed by atoms with Crippen molar-refractivity contribution in [3.63, 3.8) is 0 Å². The molecule has 6 rings (SSSR count). The summed E-state index contributed by atoms with van der Waals surface area (Å²) in [6.45, 7) is 6.04. The summed E-state index contributed by atoms with van der Waals surface area (Å²) in [6, 6.07) is 15.6. The van der Waals surface area contributed by atoms with Crippen LogP contribution in [0.1, 0.15) is 29.8 Å². The minimum Gasteiger partial charge on any atom is -0.379 e. The number of nitrogens with one attached hydrogen (secondary N) is 1. The van der Waals surface area contributed by atoms with Crippen LogP contribution in [-0.2, 0) is 16.0 Å². The molecule has 7 nitrogen and oxygen atoms in total. The van der Waals surface area contributed by atoms with Gasteiger partial charge in [0, 0.05) is 53.7 Å². The molecule has 3 amide bonds. The molecule has 1 N–H and O–H groups in total. The Morgan fingerprint density at radius 2 is 1.85 bits per heavy atom. The number of H-pyrrole nitrogens is 1. The third kappa shape index (κ3) is 3.31. The van der Waals surface area contributed by atoms with E-state index in [0.29, 0.717) is 32.7 Å². The van der Waals surface area contributed by atoms with Gasteiger partial charge in [-0.1, -0.05) is 46.3 Å². The minimum absolute atomic E-state index is 0.110. The van der Waals surface area contributed by atoms with Crippen molar-refractivity contribution >= 4 is 38.8 Å². The van der Waals surface area contributed by atoms with Gasteiger partial charge in [-0.3, -0.25) is 19.5 Å². The number of nitrogens with zero attached hydrogens (tertiary/aromatic N) is 3. The number of hydrogen-bond donors (Lipinski definition) is 1. The summed E-state index contributed by atoms with van der Waals surface area (Å²) in [5, 5.41) is 1.10. The number of aromatic nitrogens is 1. The summed E-state index contributed by atoms with van der Waals surface area (Å²) < 4.78 is 6.43. The lowest BCUT2D eigenvalue weighted by Gasteiger charge is -2.42. The minimum atomic E-state index is -0.937. The second-order valence-electron chi connectivity index (χ2n) is 9.53. The van der Waals surface area contributed by atoms with E-state index in [1.54, 1.807) is 0 Å². The number of ether oxygens (including phenoxy) is 1. The molecule has 176 valence electrons. The standard InChI is InChI=1S/C26H27BrN4O3/c1-26-16-20-19-15-18(27)7-8-21(19)28-22(20)23(17-5-3-2-4-6-17)31(26)25(33)30(24(26)32)10-9-29-11-13-34-14-12-29/h2-8,15,23,28H,9-14,16H2,1H3.